The molecule has 7 nitrogen and oxygen atoms in total. The Morgan fingerprint density at radius 3 is 2.63 bits per heavy atom. The zero-order valence-electron chi connectivity index (χ0n) is 19.5. The summed E-state index contributed by atoms with van der Waals surface area (Å²) in [6, 6.07) is 15.6. The number of rotatable bonds is 6. The average molecular weight is 555 g/mol. The number of hydrogen-bond acceptors (Lipinski definition) is 6. The number of hydrogen-bond donors (Lipinski definition) is 0. The highest BCUT2D eigenvalue weighted by Gasteiger charge is 2.38. The van der Waals surface area contributed by atoms with Gasteiger partial charge in [0.1, 0.15) is 10.8 Å². The minimum Gasteiger partial charge on any atom is -0.497 e. The highest BCUT2D eigenvalue weighted by molar-refractivity contribution is 9.10. The molecule has 0 saturated carbocycles. The van der Waals surface area contributed by atoms with E-state index < -0.39 is 0 Å². The van der Waals surface area contributed by atoms with Gasteiger partial charge in [0.15, 0.2) is 0 Å². The molecule has 2 amide bonds. The Bertz CT molecular complexity index is 1210. The van der Waals surface area contributed by atoms with E-state index in [1.807, 2.05) is 53.4 Å². The molecule has 35 heavy (non-hydrogen) atoms. The van der Waals surface area contributed by atoms with Crippen molar-refractivity contribution in [3.05, 3.63) is 63.4 Å². The molecule has 0 spiro atoms. The van der Waals surface area contributed by atoms with Crippen molar-refractivity contribution in [1.82, 2.24) is 14.8 Å². The third kappa shape index (κ3) is 5.42. The Hall–Kier alpha value is -2.75. The maximum Gasteiger partial charge on any atom is 0.228 e. The summed E-state index contributed by atoms with van der Waals surface area (Å²) in [5, 5.41) is 3.16. The van der Waals surface area contributed by atoms with Gasteiger partial charge in [0.05, 0.1) is 25.3 Å². The summed E-state index contributed by atoms with van der Waals surface area (Å²) in [6.07, 6.45) is 0.277. The lowest BCUT2D eigenvalue weighted by molar-refractivity contribution is -0.137. The molecule has 2 aliphatic rings. The quantitative estimate of drug-likeness (QED) is 0.455. The topological polar surface area (TPSA) is 66.0 Å². The Kier molecular flexibility index (Phi) is 7.17. The molecular weight excluding hydrogens is 528 g/mol. The van der Waals surface area contributed by atoms with Gasteiger partial charge in [-0.3, -0.25) is 14.5 Å². The Labute approximate surface area is 217 Å². The number of piperazine rings is 1. The first-order valence-electron chi connectivity index (χ1n) is 11.7. The van der Waals surface area contributed by atoms with E-state index in [0.29, 0.717) is 19.6 Å². The van der Waals surface area contributed by atoms with E-state index in [1.165, 1.54) is 0 Å². The molecule has 5 rings (SSSR count). The fourth-order valence-electron chi connectivity index (χ4n) is 4.62. The van der Waals surface area contributed by atoms with Crippen molar-refractivity contribution in [2.45, 2.75) is 13.0 Å². The summed E-state index contributed by atoms with van der Waals surface area (Å²) in [7, 11) is 1.66. The minimum absolute atomic E-state index is 0.0107. The smallest absolute Gasteiger partial charge is 0.228 e. The van der Waals surface area contributed by atoms with Gasteiger partial charge in [0.2, 0.25) is 11.8 Å². The summed E-state index contributed by atoms with van der Waals surface area (Å²) in [5.74, 6) is 0.654. The van der Waals surface area contributed by atoms with E-state index in [4.69, 9.17) is 9.72 Å². The number of halogens is 1. The largest absolute Gasteiger partial charge is 0.497 e. The third-order valence-electron chi connectivity index (χ3n) is 6.57. The molecule has 0 bridgehead atoms. The van der Waals surface area contributed by atoms with Crippen LogP contribution >= 0.6 is 27.3 Å². The van der Waals surface area contributed by atoms with Gasteiger partial charge in [0.25, 0.3) is 0 Å². The van der Waals surface area contributed by atoms with Crippen LogP contribution in [-0.2, 0) is 16.1 Å². The molecule has 3 heterocycles. The fourth-order valence-corrected chi connectivity index (χ4v) is 5.85. The van der Waals surface area contributed by atoms with Crippen molar-refractivity contribution in [2.75, 3.05) is 44.7 Å². The van der Waals surface area contributed by atoms with E-state index in [2.05, 4.69) is 26.2 Å². The molecule has 2 aromatic carbocycles. The van der Waals surface area contributed by atoms with Crippen molar-refractivity contribution >= 4 is 44.8 Å². The second-order valence-electron chi connectivity index (χ2n) is 8.84. The molecular formula is C26H27BrN4O3S. The van der Waals surface area contributed by atoms with Crippen LogP contribution in [0.1, 0.15) is 11.4 Å². The first-order valence-corrected chi connectivity index (χ1v) is 13.3. The van der Waals surface area contributed by atoms with Gasteiger partial charge >= 0.3 is 0 Å². The molecule has 2 aliphatic heterocycles. The highest BCUT2D eigenvalue weighted by Crippen LogP contribution is 2.29. The van der Waals surface area contributed by atoms with Crippen LogP contribution in [0, 0.1) is 5.92 Å². The van der Waals surface area contributed by atoms with E-state index in [9.17, 15) is 9.59 Å². The fraction of sp³-hybridized carbons (Fsp3) is 0.346. The van der Waals surface area contributed by atoms with Crippen LogP contribution in [0.2, 0.25) is 0 Å². The van der Waals surface area contributed by atoms with Crippen molar-refractivity contribution in [2.24, 2.45) is 5.92 Å². The standard InChI is InChI=1S/C26H27BrN4O3S/c1-34-22-7-5-18(6-8-22)23-17-35-24(28-23)16-29-9-11-30(12-10-29)26(33)19-13-25(32)31(15-19)21-4-2-3-20(27)14-21/h2-8,14,17,19H,9-13,15-16H2,1H3. The number of ether oxygens (including phenoxy) is 1. The van der Waals surface area contributed by atoms with Gasteiger partial charge in [0, 0.05) is 60.2 Å². The lowest BCUT2D eigenvalue weighted by Gasteiger charge is -2.35. The summed E-state index contributed by atoms with van der Waals surface area (Å²) < 4.78 is 6.15. The van der Waals surface area contributed by atoms with Crippen LogP contribution in [0.25, 0.3) is 11.3 Å². The number of methoxy groups -OCH3 is 1. The van der Waals surface area contributed by atoms with Crippen molar-refractivity contribution in [3.63, 3.8) is 0 Å². The summed E-state index contributed by atoms with van der Waals surface area (Å²) >= 11 is 5.12. The molecule has 0 radical (unpaired) electrons. The zero-order chi connectivity index (χ0) is 24.4. The van der Waals surface area contributed by atoms with Crippen molar-refractivity contribution in [3.8, 4) is 17.0 Å². The predicted octanol–water partition coefficient (Wildman–Crippen LogP) is 4.28. The third-order valence-corrected chi connectivity index (χ3v) is 7.90. The monoisotopic (exact) mass is 554 g/mol. The Morgan fingerprint density at radius 1 is 1.14 bits per heavy atom. The lowest BCUT2D eigenvalue weighted by Crippen LogP contribution is -2.50. The number of carbonyl (C=O) groups excluding carboxylic acids is 2. The number of amides is 2. The van der Waals surface area contributed by atoms with Gasteiger partial charge in [-0.15, -0.1) is 11.3 Å². The maximum atomic E-state index is 13.2. The second-order valence-corrected chi connectivity index (χ2v) is 10.7. The van der Waals surface area contributed by atoms with Gasteiger partial charge < -0.3 is 14.5 Å². The first kappa shape index (κ1) is 24.0. The van der Waals surface area contributed by atoms with Crippen LogP contribution in [0.3, 0.4) is 0 Å². The van der Waals surface area contributed by atoms with Gasteiger partial charge in [-0.2, -0.15) is 0 Å². The number of aromatic nitrogens is 1. The molecule has 2 saturated heterocycles. The number of benzene rings is 2. The molecule has 1 aromatic heterocycles. The molecule has 0 aliphatic carbocycles. The average Bonchev–Trinajstić information content (AvgIpc) is 3.51. The van der Waals surface area contributed by atoms with Crippen LogP contribution in [-0.4, -0.2) is 66.4 Å². The molecule has 1 unspecified atom stereocenters. The highest BCUT2D eigenvalue weighted by atomic mass is 79.9. The Morgan fingerprint density at radius 2 is 1.91 bits per heavy atom. The lowest BCUT2D eigenvalue weighted by atomic mass is 10.1. The van der Waals surface area contributed by atoms with Crippen molar-refractivity contribution in [1.29, 1.82) is 0 Å². The number of thiazole rings is 1. The zero-order valence-corrected chi connectivity index (χ0v) is 21.9. The molecule has 1 atom stereocenters. The van der Waals surface area contributed by atoms with E-state index >= 15 is 0 Å². The summed E-state index contributed by atoms with van der Waals surface area (Å²) in [6.45, 7) is 4.19. The molecule has 182 valence electrons. The number of carbonyl (C=O) groups is 2. The molecule has 2 fully saturated rings. The van der Waals surface area contributed by atoms with Gasteiger partial charge in [-0.25, -0.2) is 4.98 Å². The molecule has 3 aromatic rings. The van der Waals surface area contributed by atoms with Gasteiger partial charge in [-0.05, 0) is 42.5 Å². The van der Waals surface area contributed by atoms with Crippen molar-refractivity contribution < 1.29 is 14.3 Å². The van der Waals surface area contributed by atoms with Gasteiger partial charge in [-0.1, -0.05) is 22.0 Å². The second kappa shape index (κ2) is 10.5. The SMILES string of the molecule is COc1ccc(-c2csc(CN3CCN(C(=O)C4CC(=O)N(c5cccc(Br)c5)C4)CC3)n2)cc1. The van der Waals surface area contributed by atoms with Crippen LogP contribution in [0.15, 0.2) is 58.4 Å². The number of anilines is 1. The summed E-state index contributed by atoms with van der Waals surface area (Å²) in [4.78, 5) is 36.6. The number of nitrogens with zero attached hydrogens (tertiary/aromatic N) is 4. The first-order chi connectivity index (χ1) is 17.0. The maximum absolute atomic E-state index is 13.2. The normalized spacial score (nSPS) is 18.8. The van der Waals surface area contributed by atoms with E-state index in [0.717, 1.165) is 51.8 Å². The van der Waals surface area contributed by atoms with E-state index in [-0.39, 0.29) is 24.2 Å². The van der Waals surface area contributed by atoms with E-state index in [1.54, 1.807) is 23.3 Å². The van der Waals surface area contributed by atoms with Crippen LogP contribution in [0.5, 0.6) is 5.75 Å². The molecule has 9 heteroatoms. The summed E-state index contributed by atoms with van der Waals surface area (Å²) in [5.41, 5.74) is 2.89. The minimum atomic E-state index is -0.279. The predicted molar refractivity (Wildman–Crippen MR) is 141 cm³/mol. The molecule has 0 N–H and O–H groups in total. The Balaban J connectivity index is 1.13. The van der Waals surface area contributed by atoms with Crippen LogP contribution < -0.4 is 9.64 Å². The van der Waals surface area contributed by atoms with Crippen LogP contribution in [0.4, 0.5) is 5.69 Å².